The van der Waals surface area contributed by atoms with Gasteiger partial charge >= 0.3 is 7.12 Å². The molecule has 1 aliphatic heterocycles. The van der Waals surface area contributed by atoms with E-state index < -0.39 is 7.12 Å². The summed E-state index contributed by atoms with van der Waals surface area (Å²) >= 11 is 1.73. The molecule has 90 valence electrons. The van der Waals surface area contributed by atoms with Crippen LogP contribution in [0.1, 0.15) is 6.42 Å². The van der Waals surface area contributed by atoms with Crippen LogP contribution in [-0.2, 0) is 4.79 Å². The molecule has 1 rings (SSSR count). The van der Waals surface area contributed by atoms with E-state index in [1.165, 1.54) is 0 Å². The molecule has 1 heterocycles. The van der Waals surface area contributed by atoms with Crippen molar-refractivity contribution in [1.29, 1.82) is 0 Å². The van der Waals surface area contributed by atoms with E-state index in [-0.39, 0.29) is 22.6 Å². The molecule has 0 aromatic heterocycles. The summed E-state index contributed by atoms with van der Waals surface area (Å²) in [6.07, 6.45) is 0.195. The monoisotopic (exact) mass is 340 g/mol. The quantitative estimate of drug-likeness (QED) is 0.316. The maximum absolute atomic E-state index is 11.6. The Balaban J connectivity index is 2.30. The van der Waals surface area contributed by atoms with Crippen molar-refractivity contribution in [2.24, 2.45) is 0 Å². The SMILES string of the molecule is O=C(I)N1CCN(C(=O)CCB(O)O)CC1. The van der Waals surface area contributed by atoms with E-state index in [1.807, 2.05) is 0 Å². The van der Waals surface area contributed by atoms with Gasteiger partial charge in [0, 0.05) is 55.2 Å². The number of nitrogens with zero attached hydrogens (tertiary/aromatic N) is 2. The molecular weight excluding hydrogens is 326 g/mol. The predicted molar refractivity (Wildman–Crippen MR) is 67.2 cm³/mol. The highest BCUT2D eigenvalue weighted by atomic mass is 127. The second-order valence-electron chi connectivity index (χ2n) is 3.64. The number of carbonyl (C=O) groups excluding carboxylic acids is 2. The number of hydrogen-bond donors (Lipinski definition) is 2. The first-order valence-electron chi connectivity index (χ1n) is 5.09. The Labute approximate surface area is 108 Å². The third kappa shape index (κ3) is 4.26. The molecule has 0 radical (unpaired) electrons. The lowest BCUT2D eigenvalue weighted by molar-refractivity contribution is -0.132. The summed E-state index contributed by atoms with van der Waals surface area (Å²) in [7, 11) is -1.43. The average Bonchev–Trinajstić information content (AvgIpc) is 2.26. The molecule has 1 aliphatic rings. The van der Waals surface area contributed by atoms with Crippen LogP contribution in [0.25, 0.3) is 0 Å². The summed E-state index contributed by atoms with van der Waals surface area (Å²) in [5.74, 6) is -0.0892. The molecule has 0 unspecified atom stereocenters. The van der Waals surface area contributed by atoms with Gasteiger partial charge in [0.15, 0.2) is 0 Å². The number of amides is 2. The zero-order valence-electron chi connectivity index (χ0n) is 8.80. The van der Waals surface area contributed by atoms with E-state index in [4.69, 9.17) is 10.0 Å². The van der Waals surface area contributed by atoms with Gasteiger partial charge in [0.2, 0.25) is 5.91 Å². The van der Waals surface area contributed by atoms with Crippen molar-refractivity contribution >= 4 is 39.5 Å². The number of halogens is 1. The minimum atomic E-state index is -1.43. The van der Waals surface area contributed by atoms with Crippen molar-refractivity contribution in [2.45, 2.75) is 12.7 Å². The second-order valence-corrected chi connectivity index (χ2v) is 4.56. The average molecular weight is 340 g/mol. The van der Waals surface area contributed by atoms with Crippen molar-refractivity contribution in [3.05, 3.63) is 0 Å². The summed E-state index contributed by atoms with van der Waals surface area (Å²) in [5, 5.41) is 17.3. The first-order valence-corrected chi connectivity index (χ1v) is 6.17. The molecule has 0 atom stereocenters. The van der Waals surface area contributed by atoms with Crippen LogP contribution in [0.4, 0.5) is 4.79 Å². The van der Waals surface area contributed by atoms with Crippen molar-refractivity contribution in [3.63, 3.8) is 0 Å². The number of hydrogen-bond acceptors (Lipinski definition) is 4. The number of carbonyl (C=O) groups is 2. The minimum Gasteiger partial charge on any atom is -0.427 e. The van der Waals surface area contributed by atoms with E-state index >= 15 is 0 Å². The molecule has 0 bridgehead atoms. The Morgan fingerprint density at radius 1 is 1.12 bits per heavy atom. The van der Waals surface area contributed by atoms with Crippen molar-refractivity contribution in [1.82, 2.24) is 9.80 Å². The van der Waals surface area contributed by atoms with Crippen LogP contribution in [0.2, 0.25) is 6.32 Å². The predicted octanol–water partition coefficient (Wildman–Crippen LogP) is -0.452. The minimum absolute atomic E-state index is 0.00419. The largest absolute Gasteiger partial charge is 0.451 e. The zero-order chi connectivity index (χ0) is 12.1. The summed E-state index contributed by atoms with van der Waals surface area (Å²) in [6.45, 7) is 2.15. The van der Waals surface area contributed by atoms with Gasteiger partial charge in [0.05, 0.1) is 0 Å². The molecule has 2 N–H and O–H groups in total. The first kappa shape index (κ1) is 13.7. The van der Waals surface area contributed by atoms with Gasteiger partial charge < -0.3 is 19.8 Å². The third-order valence-corrected chi connectivity index (χ3v) is 3.18. The van der Waals surface area contributed by atoms with E-state index in [2.05, 4.69) is 0 Å². The Bertz CT molecular complexity index is 269. The number of piperazine rings is 1. The molecule has 1 fully saturated rings. The highest BCUT2D eigenvalue weighted by Gasteiger charge is 2.23. The molecule has 8 heteroatoms. The van der Waals surface area contributed by atoms with Crippen molar-refractivity contribution < 1.29 is 19.6 Å². The molecule has 1 saturated heterocycles. The van der Waals surface area contributed by atoms with Crippen molar-refractivity contribution in [3.8, 4) is 0 Å². The van der Waals surface area contributed by atoms with Gasteiger partial charge in [-0.15, -0.1) is 0 Å². The Kier molecular flexibility index (Phi) is 5.49. The Morgan fingerprint density at radius 2 is 1.62 bits per heavy atom. The lowest BCUT2D eigenvalue weighted by Gasteiger charge is -2.33. The zero-order valence-corrected chi connectivity index (χ0v) is 11.0. The van der Waals surface area contributed by atoms with Gasteiger partial charge in [-0.2, -0.15) is 0 Å². The molecular formula is C8H14BIN2O4. The molecule has 16 heavy (non-hydrogen) atoms. The fourth-order valence-electron chi connectivity index (χ4n) is 1.54. The highest BCUT2D eigenvalue weighted by Crippen LogP contribution is 2.08. The molecule has 2 amide bonds. The molecule has 6 nitrogen and oxygen atoms in total. The smallest absolute Gasteiger partial charge is 0.427 e. The Morgan fingerprint density at radius 3 is 2.06 bits per heavy atom. The second kappa shape index (κ2) is 6.40. The lowest BCUT2D eigenvalue weighted by atomic mass is 9.84. The van der Waals surface area contributed by atoms with Crippen LogP contribution in [0.5, 0.6) is 0 Å². The van der Waals surface area contributed by atoms with Crippen LogP contribution < -0.4 is 0 Å². The van der Waals surface area contributed by atoms with E-state index in [0.717, 1.165) is 0 Å². The molecule has 0 aromatic carbocycles. The topological polar surface area (TPSA) is 81.1 Å². The van der Waals surface area contributed by atoms with Crippen LogP contribution in [-0.4, -0.2) is 63.0 Å². The van der Waals surface area contributed by atoms with E-state index in [0.29, 0.717) is 26.2 Å². The molecule has 0 spiro atoms. The van der Waals surface area contributed by atoms with Gasteiger partial charge in [-0.25, -0.2) is 0 Å². The first-order chi connectivity index (χ1) is 7.50. The Hall–Kier alpha value is -0.345. The fraction of sp³-hybridized carbons (Fsp3) is 0.750. The summed E-state index contributed by atoms with van der Waals surface area (Å²) in [5.41, 5.74) is 0. The summed E-state index contributed by atoms with van der Waals surface area (Å²) in [4.78, 5) is 25.9. The van der Waals surface area contributed by atoms with Crippen LogP contribution in [0, 0.1) is 0 Å². The fourth-order valence-corrected chi connectivity index (χ4v) is 2.02. The highest BCUT2D eigenvalue weighted by molar-refractivity contribution is 14.1. The summed E-state index contributed by atoms with van der Waals surface area (Å²) < 4.78 is -0.00419. The van der Waals surface area contributed by atoms with Gasteiger partial charge in [-0.05, 0) is 6.32 Å². The maximum Gasteiger partial charge on any atom is 0.451 e. The lowest BCUT2D eigenvalue weighted by Crippen LogP contribution is -2.49. The maximum atomic E-state index is 11.6. The van der Waals surface area contributed by atoms with Gasteiger partial charge in [-0.3, -0.25) is 9.59 Å². The van der Waals surface area contributed by atoms with Gasteiger partial charge in [-0.1, -0.05) is 0 Å². The van der Waals surface area contributed by atoms with Gasteiger partial charge in [0.25, 0.3) is 3.91 Å². The van der Waals surface area contributed by atoms with Crippen LogP contribution >= 0.6 is 22.6 Å². The van der Waals surface area contributed by atoms with Gasteiger partial charge in [0.1, 0.15) is 0 Å². The normalized spacial score (nSPS) is 16.2. The van der Waals surface area contributed by atoms with E-state index in [1.54, 1.807) is 32.4 Å². The van der Waals surface area contributed by atoms with E-state index in [9.17, 15) is 9.59 Å². The van der Waals surface area contributed by atoms with Crippen molar-refractivity contribution in [2.75, 3.05) is 26.2 Å². The molecule has 0 saturated carbocycles. The van der Waals surface area contributed by atoms with Crippen LogP contribution in [0.15, 0.2) is 0 Å². The molecule has 0 aliphatic carbocycles. The summed E-state index contributed by atoms with van der Waals surface area (Å²) in [6, 6.07) is 0. The molecule has 0 aromatic rings. The number of rotatable bonds is 3. The standard InChI is InChI=1S/C8H14BIN2O4/c10-8(14)12-5-3-11(4-6-12)7(13)1-2-9(15)16/h15-16H,1-6H2. The van der Waals surface area contributed by atoms with Crippen LogP contribution in [0.3, 0.4) is 0 Å². The third-order valence-electron chi connectivity index (χ3n) is 2.50.